The molecule has 1 aromatic carbocycles. The Bertz CT molecular complexity index is 1080. The number of anilines is 1. The van der Waals surface area contributed by atoms with E-state index in [2.05, 4.69) is 34.1 Å². The van der Waals surface area contributed by atoms with Crippen molar-refractivity contribution < 1.29 is 18.7 Å². The zero-order chi connectivity index (χ0) is 22.0. The predicted octanol–water partition coefficient (Wildman–Crippen LogP) is 3.47. The average Bonchev–Trinajstić information content (AvgIpc) is 2.97. The van der Waals surface area contributed by atoms with Crippen LogP contribution < -0.4 is 15.6 Å². The standard InChI is InChI=1S/C17H17ClFN3O4.C3H3Br/c1-8-3-4-21-14(18)13(16(24)22(21)7-8)9-5-11-12(6-10(9)19)26-17(25-2)15(23)20-11;1-2-3-4/h5-6,8,17H,3-4,7H2,1-2H3,(H,20,23);1H,3H2. The number of ether oxygens (including phenoxy) is 2. The number of terminal acetylenes is 1. The molecule has 3 heterocycles. The molecule has 0 saturated carbocycles. The van der Waals surface area contributed by atoms with Gasteiger partial charge in [-0.2, -0.15) is 0 Å². The topological polar surface area (TPSA) is 74.5 Å². The summed E-state index contributed by atoms with van der Waals surface area (Å²) in [6, 6.07) is 2.49. The maximum Gasteiger partial charge on any atom is 0.294 e. The van der Waals surface area contributed by atoms with Gasteiger partial charge in [0.15, 0.2) is 0 Å². The Labute approximate surface area is 186 Å². The van der Waals surface area contributed by atoms with E-state index in [4.69, 9.17) is 27.5 Å². The Hall–Kier alpha value is -2.28. The summed E-state index contributed by atoms with van der Waals surface area (Å²) in [7, 11) is 1.31. The number of alkyl halides is 1. The Morgan fingerprint density at radius 3 is 2.77 bits per heavy atom. The third-order valence-corrected chi connectivity index (χ3v) is 5.53. The number of nitrogens with zero attached hydrogens (tertiary/aromatic N) is 2. The van der Waals surface area contributed by atoms with E-state index in [1.807, 2.05) is 0 Å². The number of methoxy groups -OCH3 is 1. The van der Waals surface area contributed by atoms with Crippen LogP contribution in [0.2, 0.25) is 5.15 Å². The van der Waals surface area contributed by atoms with E-state index in [-0.39, 0.29) is 33.3 Å². The lowest BCUT2D eigenvalue weighted by atomic mass is 10.1. The van der Waals surface area contributed by atoms with Gasteiger partial charge in [-0.1, -0.05) is 40.4 Å². The molecule has 1 N–H and O–H groups in total. The van der Waals surface area contributed by atoms with Crippen molar-refractivity contribution in [3.63, 3.8) is 0 Å². The molecular formula is C20H20BrClFN3O4. The molecule has 160 valence electrons. The van der Waals surface area contributed by atoms with Gasteiger partial charge in [-0.15, -0.1) is 6.42 Å². The summed E-state index contributed by atoms with van der Waals surface area (Å²) in [4.78, 5) is 24.7. The Kier molecular flexibility index (Phi) is 6.91. The van der Waals surface area contributed by atoms with Gasteiger partial charge in [0.25, 0.3) is 17.8 Å². The van der Waals surface area contributed by atoms with Crippen molar-refractivity contribution in [1.29, 1.82) is 0 Å². The average molecular weight is 501 g/mol. The highest BCUT2D eigenvalue weighted by Crippen LogP contribution is 2.38. The van der Waals surface area contributed by atoms with Crippen molar-refractivity contribution in [1.82, 2.24) is 9.36 Å². The van der Waals surface area contributed by atoms with Crippen LogP contribution >= 0.6 is 27.5 Å². The minimum absolute atomic E-state index is 0.0283. The fourth-order valence-electron chi connectivity index (χ4n) is 3.38. The van der Waals surface area contributed by atoms with Crippen LogP contribution in [0.1, 0.15) is 13.3 Å². The Morgan fingerprint density at radius 1 is 1.43 bits per heavy atom. The summed E-state index contributed by atoms with van der Waals surface area (Å²) in [5.74, 6) is 1.65. The number of hydrogen-bond acceptors (Lipinski definition) is 4. The smallest absolute Gasteiger partial charge is 0.294 e. The van der Waals surface area contributed by atoms with E-state index >= 15 is 0 Å². The van der Waals surface area contributed by atoms with Gasteiger partial charge in [-0.05, 0) is 18.4 Å². The minimum Gasteiger partial charge on any atom is -0.453 e. The van der Waals surface area contributed by atoms with Crippen molar-refractivity contribution in [3.05, 3.63) is 33.5 Å². The molecule has 4 rings (SSSR count). The van der Waals surface area contributed by atoms with E-state index in [9.17, 15) is 14.0 Å². The number of benzene rings is 1. The first-order valence-corrected chi connectivity index (χ1v) is 10.6. The first kappa shape index (κ1) is 22.4. The summed E-state index contributed by atoms with van der Waals surface area (Å²) in [5, 5.41) is 3.44. The lowest BCUT2D eigenvalue weighted by Gasteiger charge is -2.25. The first-order chi connectivity index (χ1) is 14.3. The zero-order valence-electron chi connectivity index (χ0n) is 16.4. The molecule has 10 heteroatoms. The second-order valence-corrected chi connectivity index (χ2v) is 7.83. The van der Waals surface area contributed by atoms with Crippen LogP contribution in [-0.4, -0.2) is 34.0 Å². The summed E-state index contributed by atoms with van der Waals surface area (Å²) in [5.41, 5.74) is 0.0284. The van der Waals surface area contributed by atoms with Gasteiger partial charge in [-0.25, -0.2) is 9.07 Å². The maximum atomic E-state index is 14.7. The summed E-state index contributed by atoms with van der Waals surface area (Å²) < 4.78 is 28.2. The predicted molar refractivity (Wildman–Crippen MR) is 116 cm³/mol. The number of nitrogens with one attached hydrogen (secondary N) is 1. The van der Waals surface area contributed by atoms with Gasteiger partial charge in [0.1, 0.15) is 16.7 Å². The van der Waals surface area contributed by atoms with Crippen molar-refractivity contribution in [2.75, 3.05) is 17.8 Å². The molecule has 0 bridgehead atoms. The maximum absolute atomic E-state index is 14.7. The van der Waals surface area contributed by atoms with Crippen LogP contribution in [0.3, 0.4) is 0 Å². The van der Waals surface area contributed by atoms with Crippen LogP contribution in [0, 0.1) is 24.1 Å². The molecule has 2 aliphatic rings. The highest BCUT2D eigenvalue weighted by Gasteiger charge is 2.31. The van der Waals surface area contributed by atoms with Crippen LogP contribution in [0.15, 0.2) is 16.9 Å². The molecule has 30 heavy (non-hydrogen) atoms. The van der Waals surface area contributed by atoms with Crippen molar-refractivity contribution >= 4 is 39.1 Å². The molecule has 2 atom stereocenters. The third-order valence-electron chi connectivity index (χ3n) is 4.83. The lowest BCUT2D eigenvalue weighted by Crippen LogP contribution is -2.38. The molecule has 2 aliphatic heterocycles. The number of rotatable bonds is 2. The van der Waals surface area contributed by atoms with Crippen LogP contribution in [-0.2, 0) is 22.6 Å². The first-order valence-electron chi connectivity index (χ1n) is 9.15. The van der Waals surface area contributed by atoms with E-state index in [0.29, 0.717) is 24.3 Å². The number of hydrogen-bond donors (Lipinski definition) is 1. The van der Waals surface area contributed by atoms with Crippen molar-refractivity contribution in [2.45, 2.75) is 32.7 Å². The van der Waals surface area contributed by atoms with Crippen molar-refractivity contribution in [3.8, 4) is 29.2 Å². The van der Waals surface area contributed by atoms with E-state index in [1.165, 1.54) is 13.2 Å². The fraction of sp³-hybridized carbons (Fsp3) is 0.400. The summed E-state index contributed by atoms with van der Waals surface area (Å²) >= 11 is 9.41. The zero-order valence-corrected chi connectivity index (χ0v) is 18.7. The minimum atomic E-state index is -1.15. The summed E-state index contributed by atoms with van der Waals surface area (Å²) in [6.45, 7) is 3.17. The van der Waals surface area contributed by atoms with Crippen LogP contribution in [0.25, 0.3) is 11.1 Å². The number of amides is 1. The quantitative estimate of drug-likeness (QED) is 0.506. The number of aromatic nitrogens is 2. The molecule has 1 aromatic heterocycles. The van der Waals surface area contributed by atoms with Gasteiger partial charge < -0.3 is 14.8 Å². The van der Waals surface area contributed by atoms with E-state index < -0.39 is 18.0 Å². The number of carbonyl (C=O) groups is 1. The Balaban J connectivity index is 0.000000589. The van der Waals surface area contributed by atoms with Gasteiger partial charge in [0, 0.05) is 31.8 Å². The normalized spacial score (nSPS) is 19.4. The molecule has 0 spiro atoms. The number of carbonyl (C=O) groups excluding carboxylic acids is 1. The van der Waals surface area contributed by atoms with E-state index in [1.54, 1.807) is 9.36 Å². The molecule has 1 amide bonds. The molecule has 0 saturated heterocycles. The third kappa shape index (κ3) is 4.13. The lowest BCUT2D eigenvalue weighted by molar-refractivity contribution is -0.143. The highest BCUT2D eigenvalue weighted by atomic mass is 79.9. The highest BCUT2D eigenvalue weighted by molar-refractivity contribution is 9.09. The van der Waals surface area contributed by atoms with Gasteiger partial charge in [-0.3, -0.25) is 14.3 Å². The second-order valence-electron chi connectivity index (χ2n) is 6.91. The molecule has 2 aromatic rings. The monoisotopic (exact) mass is 499 g/mol. The second kappa shape index (κ2) is 9.25. The molecule has 7 nitrogen and oxygen atoms in total. The van der Waals surface area contributed by atoms with Crippen LogP contribution in [0.4, 0.5) is 10.1 Å². The van der Waals surface area contributed by atoms with Gasteiger partial charge in [0.2, 0.25) is 0 Å². The van der Waals surface area contributed by atoms with Gasteiger partial charge in [0.05, 0.1) is 16.6 Å². The molecule has 0 radical (unpaired) electrons. The molecule has 0 aliphatic carbocycles. The SMILES string of the molecule is C#CCBr.COC1Oc2cc(F)c(-c3c(Cl)n4n(c3=O)CC(C)CC4)cc2NC1=O. The summed E-state index contributed by atoms with van der Waals surface area (Å²) in [6.07, 6.45) is 4.47. The largest absolute Gasteiger partial charge is 0.453 e. The van der Waals surface area contributed by atoms with Gasteiger partial charge >= 0.3 is 0 Å². The number of halogens is 3. The van der Waals surface area contributed by atoms with E-state index in [0.717, 1.165) is 12.5 Å². The van der Waals surface area contributed by atoms with Crippen molar-refractivity contribution in [2.24, 2.45) is 5.92 Å². The molecule has 2 unspecified atom stereocenters. The Morgan fingerprint density at radius 2 is 2.13 bits per heavy atom. The molecular weight excluding hydrogens is 481 g/mol. The molecule has 0 fully saturated rings. The van der Waals surface area contributed by atoms with Crippen LogP contribution in [0.5, 0.6) is 5.75 Å². The fourth-order valence-corrected chi connectivity index (χ4v) is 3.73. The number of fused-ring (bicyclic) bond motifs is 2.